The lowest BCUT2D eigenvalue weighted by molar-refractivity contribution is -0.109. The number of benzene rings is 3. The zero-order valence-electron chi connectivity index (χ0n) is 20.6. The number of halogens is 1. The van der Waals surface area contributed by atoms with E-state index >= 15 is 0 Å². The molecule has 2 amide bonds. The largest absolute Gasteiger partial charge is 0.362 e. The minimum atomic E-state index is -0.250. The molecule has 36 heavy (non-hydrogen) atoms. The number of nitrogens with zero attached hydrogens (tertiary/aromatic N) is 2. The first-order chi connectivity index (χ1) is 17.5. The highest BCUT2D eigenvalue weighted by molar-refractivity contribution is 5.99. The zero-order chi connectivity index (χ0) is 25.5. The third kappa shape index (κ3) is 5.98. The number of amides is 2. The average molecular weight is 487 g/mol. The molecule has 0 spiro atoms. The fourth-order valence-electron chi connectivity index (χ4n) is 4.53. The molecule has 1 aliphatic rings. The summed E-state index contributed by atoms with van der Waals surface area (Å²) in [7, 11) is 3.46. The summed E-state index contributed by atoms with van der Waals surface area (Å²) in [5.41, 5.74) is 4.73. The highest BCUT2D eigenvalue weighted by Gasteiger charge is 2.29. The van der Waals surface area contributed by atoms with E-state index < -0.39 is 0 Å². The van der Waals surface area contributed by atoms with Crippen LogP contribution in [-0.4, -0.2) is 60.3 Å². The van der Waals surface area contributed by atoms with Crippen LogP contribution in [0.3, 0.4) is 0 Å². The number of H-pyrrole nitrogens is 1. The molecule has 0 unspecified atom stereocenters. The third-order valence-electron chi connectivity index (χ3n) is 6.51. The van der Waals surface area contributed by atoms with E-state index in [2.05, 4.69) is 39.5 Å². The van der Waals surface area contributed by atoms with Crippen LogP contribution in [-0.2, 0) is 11.3 Å². The Kier molecular flexibility index (Phi) is 8.13. The molecule has 4 aromatic rings. The predicted octanol–water partition coefficient (Wildman–Crippen LogP) is 4.68. The Balaban J connectivity index is 0.000000709. The summed E-state index contributed by atoms with van der Waals surface area (Å²) in [4.78, 5) is 29.8. The van der Waals surface area contributed by atoms with Gasteiger partial charge in [0, 0.05) is 50.7 Å². The van der Waals surface area contributed by atoms with Crippen molar-refractivity contribution in [3.8, 4) is 11.1 Å². The van der Waals surface area contributed by atoms with Crippen molar-refractivity contribution in [2.75, 3.05) is 27.2 Å². The summed E-state index contributed by atoms with van der Waals surface area (Å²) < 4.78 is 13.2. The monoisotopic (exact) mass is 486 g/mol. The second-order valence-electron chi connectivity index (χ2n) is 8.98. The van der Waals surface area contributed by atoms with Gasteiger partial charge < -0.3 is 15.2 Å². The van der Waals surface area contributed by atoms with Gasteiger partial charge in [-0.2, -0.15) is 0 Å². The third-order valence-corrected chi connectivity index (χ3v) is 6.51. The Bertz CT molecular complexity index is 1300. The minimum Gasteiger partial charge on any atom is -0.362 e. The molecule has 7 heteroatoms. The Morgan fingerprint density at radius 1 is 1.08 bits per heavy atom. The van der Waals surface area contributed by atoms with Gasteiger partial charge in [-0.3, -0.25) is 14.5 Å². The molecular weight excluding hydrogens is 455 g/mol. The van der Waals surface area contributed by atoms with Gasteiger partial charge in [0.25, 0.3) is 5.91 Å². The Morgan fingerprint density at radius 3 is 2.47 bits per heavy atom. The highest BCUT2D eigenvalue weighted by Crippen LogP contribution is 2.26. The number of hydrogen-bond acceptors (Lipinski definition) is 3. The van der Waals surface area contributed by atoms with Gasteiger partial charge >= 0.3 is 0 Å². The Labute approximate surface area is 210 Å². The second kappa shape index (κ2) is 11.6. The number of carbonyl (C=O) groups is 2. The van der Waals surface area contributed by atoms with Crippen molar-refractivity contribution in [1.82, 2.24) is 20.1 Å². The molecule has 6 nitrogen and oxygen atoms in total. The van der Waals surface area contributed by atoms with E-state index in [4.69, 9.17) is 4.79 Å². The van der Waals surface area contributed by atoms with Crippen molar-refractivity contribution in [2.45, 2.75) is 19.0 Å². The van der Waals surface area contributed by atoms with Crippen LogP contribution in [0, 0.1) is 5.82 Å². The fraction of sp³-hybridized carbons (Fsp3) is 0.241. The SMILES string of the molecule is CN(C(=O)c1cc2ccc(-c3ccc(F)cc3)cc2[nH]1)[C@H]1CCN(Cc2ccccc2)C1.CNC=O. The van der Waals surface area contributed by atoms with Gasteiger partial charge in [-0.15, -0.1) is 0 Å². The molecule has 5 rings (SSSR count). The molecule has 3 aromatic carbocycles. The van der Waals surface area contributed by atoms with Crippen LogP contribution in [0.2, 0.25) is 0 Å². The van der Waals surface area contributed by atoms with Gasteiger partial charge in [0.1, 0.15) is 11.5 Å². The second-order valence-corrected chi connectivity index (χ2v) is 8.98. The molecule has 186 valence electrons. The molecule has 0 aliphatic carbocycles. The first-order valence-corrected chi connectivity index (χ1v) is 12.0. The fourth-order valence-corrected chi connectivity index (χ4v) is 4.53. The molecule has 1 aromatic heterocycles. The molecule has 1 atom stereocenters. The summed E-state index contributed by atoms with van der Waals surface area (Å²) in [6, 6.07) is 25.0. The van der Waals surface area contributed by atoms with Crippen molar-refractivity contribution in [1.29, 1.82) is 0 Å². The predicted molar refractivity (Wildman–Crippen MR) is 141 cm³/mol. The summed E-state index contributed by atoms with van der Waals surface area (Å²) in [5.74, 6) is -0.240. The van der Waals surface area contributed by atoms with Gasteiger partial charge in [0.2, 0.25) is 6.41 Å². The van der Waals surface area contributed by atoms with Crippen LogP contribution in [0.25, 0.3) is 22.0 Å². The Hall–Kier alpha value is -3.97. The number of hydrogen-bond donors (Lipinski definition) is 2. The van der Waals surface area contributed by atoms with Crippen LogP contribution in [0.15, 0.2) is 78.9 Å². The van der Waals surface area contributed by atoms with E-state index in [0.29, 0.717) is 12.1 Å². The molecule has 1 aliphatic heterocycles. The van der Waals surface area contributed by atoms with Crippen molar-refractivity contribution in [3.63, 3.8) is 0 Å². The maximum Gasteiger partial charge on any atom is 0.270 e. The maximum absolute atomic E-state index is 13.2. The number of rotatable bonds is 6. The summed E-state index contributed by atoms with van der Waals surface area (Å²) in [6.45, 7) is 2.79. The average Bonchev–Trinajstić information content (AvgIpc) is 3.56. The quantitative estimate of drug-likeness (QED) is 0.389. The number of likely N-dealkylation sites (tertiary alicyclic amines) is 1. The lowest BCUT2D eigenvalue weighted by Crippen LogP contribution is -2.39. The molecule has 2 N–H and O–H groups in total. The van der Waals surface area contributed by atoms with E-state index in [1.807, 2.05) is 42.3 Å². The molecular formula is C29H31FN4O2. The standard InChI is InChI=1S/C27H26FN3O.C2H5NO/c1-30(24-13-14-31(18-24)17-19-5-3-2-4-6-19)27(32)26-16-22-8-7-21(15-25(22)29-26)20-9-11-23(28)12-10-20;1-3-2-4/h2-12,15-16,24,29H,13-14,17-18H2,1H3;2H,1H3,(H,3,4)/t24-;/m0./s1. The van der Waals surface area contributed by atoms with E-state index in [0.717, 1.165) is 48.1 Å². The lowest BCUT2D eigenvalue weighted by atomic mass is 10.0. The Morgan fingerprint density at radius 2 is 1.78 bits per heavy atom. The lowest BCUT2D eigenvalue weighted by Gasteiger charge is -2.24. The van der Waals surface area contributed by atoms with Gasteiger partial charge in [-0.1, -0.05) is 54.6 Å². The van der Waals surface area contributed by atoms with E-state index in [9.17, 15) is 9.18 Å². The highest BCUT2D eigenvalue weighted by atomic mass is 19.1. The first-order valence-electron chi connectivity index (χ1n) is 12.0. The van der Waals surface area contributed by atoms with Crippen molar-refractivity contribution in [3.05, 3.63) is 95.9 Å². The molecule has 1 fully saturated rings. The minimum absolute atomic E-state index is 0.0103. The zero-order valence-corrected chi connectivity index (χ0v) is 20.6. The van der Waals surface area contributed by atoms with Crippen molar-refractivity contribution in [2.24, 2.45) is 0 Å². The van der Waals surface area contributed by atoms with Gasteiger partial charge in [-0.25, -0.2) is 4.39 Å². The van der Waals surface area contributed by atoms with Crippen LogP contribution in [0.5, 0.6) is 0 Å². The normalized spacial score (nSPS) is 15.2. The number of likely N-dealkylation sites (N-methyl/N-ethyl adjacent to an activating group) is 1. The summed E-state index contributed by atoms with van der Waals surface area (Å²) >= 11 is 0. The van der Waals surface area contributed by atoms with Gasteiger partial charge in [0.15, 0.2) is 0 Å². The topological polar surface area (TPSA) is 68.4 Å². The molecule has 0 saturated carbocycles. The number of aromatic amines is 1. The number of carbonyl (C=O) groups excluding carboxylic acids is 2. The first kappa shape index (κ1) is 25.1. The van der Waals surface area contributed by atoms with E-state index in [1.165, 1.54) is 17.7 Å². The van der Waals surface area contributed by atoms with Crippen molar-refractivity contribution < 1.29 is 14.0 Å². The van der Waals surface area contributed by atoms with Crippen LogP contribution >= 0.6 is 0 Å². The van der Waals surface area contributed by atoms with Gasteiger partial charge in [-0.05, 0) is 47.4 Å². The summed E-state index contributed by atoms with van der Waals surface area (Å²) in [6.07, 6.45) is 1.60. The maximum atomic E-state index is 13.2. The van der Waals surface area contributed by atoms with Crippen LogP contribution in [0.1, 0.15) is 22.5 Å². The van der Waals surface area contributed by atoms with E-state index in [1.54, 1.807) is 19.2 Å². The smallest absolute Gasteiger partial charge is 0.270 e. The molecule has 1 saturated heterocycles. The molecule has 0 radical (unpaired) electrons. The van der Waals surface area contributed by atoms with Crippen LogP contribution in [0.4, 0.5) is 4.39 Å². The molecule has 0 bridgehead atoms. The number of nitrogens with one attached hydrogen (secondary N) is 2. The van der Waals surface area contributed by atoms with Gasteiger partial charge in [0.05, 0.1) is 0 Å². The number of aromatic nitrogens is 1. The van der Waals surface area contributed by atoms with E-state index in [-0.39, 0.29) is 17.8 Å². The number of fused-ring (bicyclic) bond motifs is 1. The summed E-state index contributed by atoms with van der Waals surface area (Å²) in [5, 5.41) is 3.24. The van der Waals surface area contributed by atoms with Crippen LogP contribution < -0.4 is 5.32 Å². The van der Waals surface area contributed by atoms with Crippen molar-refractivity contribution >= 4 is 23.2 Å². The molecule has 2 heterocycles.